The van der Waals surface area contributed by atoms with Crippen molar-refractivity contribution in [1.29, 1.82) is 0 Å². The molecule has 0 saturated carbocycles. The predicted molar refractivity (Wildman–Crippen MR) is 46.1 cm³/mol. The van der Waals surface area contributed by atoms with E-state index in [0.29, 0.717) is 0 Å². The molecule has 0 aromatic rings. The molecular formula is C7H10N2S. The van der Waals surface area contributed by atoms with Crippen LogP contribution < -0.4 is 10.0 Å². The van der Waals surface area contributed by atoms with Gasteiger partial charge in [0.05, 0.1) is 0 Å². The second-order valence-corrected chi connectivity index (χ2v) is 2.51. The molecule has 0 radical (unpaired) electrons. The van der Waals surface area contributed by atoms with Gasteiger partial charge >= 0.3 is 0 Å². The van der Waals surface area contributed by atoms with Crippen LogP contribution in [0.3, 0.4) is 0 Å². The third-order valence-electron chi connectivity index (χ3n) is 1.02. The average Bonchev–Trinajstić information content (AvgIpc) is 2.03. The third kappa shape index (κ3) is 2.19. The summed E-state index contributed by atoms with van der Waals surface area (Å²) < 4.78 is 3.09. The van der Waals surface area contributed by atoms with Crippen LogP contribution in [-0.2, 0) is 0 Å². The van der Waals surface area contributed by atoms with Crippen molar-refractivity contribution < 1.29 is 0 Å². The quantitative estimate of drug-likeness (QED) is 0.474. The molecule has 0 saturated heterocycles. The summed E-state index contributed by atoms with van der Waals surface area (Å²) in [5.41, 5.74) is 0. The maximum absolute atomic E-state index is 3.60. The van der Waals surface area contributed by atoms with E-state index in [4.69, 9.17) is 0 Å². The van der Waals surface area contributed by atoms with E-state index in [2.05, 4.69) is 16.6 Å². The molecule has 1 heterocycles. The van der Waals surface area contributed by atoms with Gasteiger partial charge in [-0.05, 0) is 23.4 Å². The van der Waals surface area contributed by atoms with Crippen molar-refractivity contribution in [3.63, 3.8) is 0 Å². The van der Waals surface area contributed by atoms with Gasteiger partial charge in [-0.15, -0.1) is 6.58 Å². The molecule has 1 aliphatic rings. The smallest absolute Gasteiger partial charge is 0.109 e. The van der Waals surface area contributed by atoms with Crippen LogP contribution in [0, 0.1) is 0 Å². The maximum Gasteiger partial charge on any atom is 0.109 e. The van der Waals surface area contributed by atoms with E-state index in [1.807, 2.05) is 23.6 Å². The SMILES string of the molecule is C=CCNC1=CC=CSN1. The van der Waals surface area contributed by atoms with Crippen LogP contribution in [0.4, 0.5) is 0 Å². The molecule has 1 aliphatic heterocycles. The fourth-order valence-electron chi connectivity index (χ4n) is 0.583. The molecule has 0 atom stereocenters. The Hall–Kier alpha value is -0.830. The molecule has 0 aliphatic carbocycles. The standard InChI is InChI=1S/C7H10N2S/c1-2-5-8-7-4-3-6-10-9-7/h2-4,6,8-9H,1,5H2. The third-order valence-corrected chi connectivity index (χ3v) is 1.65. The van der Waals surface area contributed by atoms with Crippen molar-refractivity contribution in [3.05, 3.63) is 36.0 Å². The molecule has 54 valence electrons. The summed E-state index contributed by atoms with van der Waals surface area (Å²) >= 11 is 1.56. The van der Waals surface area contributed by atoms with Crippen molar-refractivity contribution in [1.82, 2.24) is 10.0 Å². The van der Waals surface area contributed by atoms with Gasteiger partial charge in [-0.3, -0.25) is 0 Å². The summed E-state index contributed by atoms with van der Waals surface area (Å²) in [7, 11) is 0. The Kier molecular flexibility index (Phi) is 2.96. The summed E-state index contributed by atoms with van der Waals surface area (Å²) in [6, 6.07) is 0. The number of allylic oxidation sites excluding steroid dienone is 2. The zero-order valence-corrected chi connectivity index (χ0v) is 6.45. The molecule has 3 heteroatoms. The molecule has 2 nitrogen and oxygen atoms in total. The lowest BCUT2D eigenvalue weighted by atomic mass is 10.5. The lowest BCUT2D eigenvalue weighted by Gasteiger charge is -2.11. The first-order valence-electron chi connectivity index (χ1n) is 3.07. The molecule has 0 aromatic carbocycles. The predicted octanol–water partition coefficient (Wildman–Crippen LogP) is 1.37. The van der Waals surface area contributed by atoms with Crippen LogP contribution in [0.2, 0.25) is 0 Å². The van der Waals surface area contributed by atoms with E-state index >= 15 is 0 Å². The highest BCUT2D eigenvalue weighted by atomic mass is 32.2. The normalized spacial score (nSPS) is 15.4. The first-order chi connectivity index (χ1) is 4.93. The molecule has 2 N–H and O–H groups in total. The van der Waals surface area contributed by atoms with Gasteiger partial charge in [0.15, 0.2) is 0 Å². The number of hydrogen-bond acceptors (Lipinski definition) is 3. The van der Waals surface area contributed by atoms with Crippen LogP contribution in [-0.4, -0.2) is 6.54 Å². The Balaban J connectivity index is 2.32. The van der Waals surface area contributed by atoms with E-state index in [9.17, 15) is 0 Å². The molecule has 0 bridgehead atoms. The minimum atomic E-state index is 0.799. The van der Waals surface area contributed by atoms with E-state index < -0.39 is 0 Å². The monoisotopic (exact) mass is 154 g/mol. The molecule has 0 aromatic heterocycles. The van der Waals surface area contributed by atoms with Gasteiger partial charge in [0.25, 0.3) is 0 Å². The van der Waals surface area contributed by atoms with Crippen LogP contribution in [0.25, 0.3) is 0 Å². The Bertz CT molecular complexity index is 172. The molecule has 0 fully saturated rings. The van der Waals surface area contributed by atoms with Crippen molar-refractivity contribution in [2.45, 2.75) is 0 Å². The summed E-state index contributed by atoms with van der Waals surface area (Å²) in [4.78, 5) is 0. The number of hydrogen-bond donors (Lipinski definition) is 2. The number of nitrogens with one attached hydrogen (secondary N) is 2. The van der Waals surface area contributed by atoms with Crippen LogP contribution in [0.15, 0.2) is 36.0 Å². The first kappa shape index (κ1) is 7.28. The Morgan fingerprint density at radius 2 is 2.70 bits per heavy atom. The van der Waals surface area contributed by atoms with Gasteiger partial charge in [-0.25, -0.2) is 0 Å². The molecule has 0 unspecified atom stereocenters. The highest BCUT2D eigenvalue weighted by Gasteiger charge is 1.93. The van der Waals surface area contributed by atoms with Gasteiger partial charge in [-0.2, -0.15) is 0 Å². The fraction of sp³-hybridized carbons (Fsp3) is 0.143. The summed E-state index contributed by atoms with van der Waals surface area (Å²) in [5.74, 6) is 1.03. The van der Waals surface area contributed by atoms with Crippen LogP contribution in [0.5, 0.6) is 0 Å². The minimum Gasteiger partial charge on any atom is -0.368 e. The highest BCUT2D eigenvalue weighted by Crippen LogP contribution is 2.04. The summed E-state index contributed by atoms with van der Waals surface area (Å²) in [6.45, 7) is 4.40. The van der Waals surface area contributed by atoms with Crippen molar-refractivity contribution in [2.75, 3.05) is 6.54 Å². The zero-order valence-electron chi connectivity index (χ0n) is 5.63. The van der Waals surface area contributed by atoms with E-state index in [-0.39, 0.29) is 0 Å². The maximum atomic E-state index is 3.60. The minimum absolute atomic E-state index is 0.799. The molecular weight excluding hydrogens is 144 g/mol. The zero-order chi connectivity index (χ0) is 7.23. The van der Waals surface area contributed by atoms with Gasteiger partial charge in [-0.1, -0.05) is 12.2 Å². The fourth-order valence-corrected chi connectivity index (χ4v) is 1.08. The summed E-state index contributed by atoms with van der Waals surface area (Å²) in [5, 5.41) is 5.12. The van der Waals surface area contributed by atoms with Crippen molar-refractivity contribution in [2.24, 2.45) is 0 Å². The van der Waals surface area contributed by atoms with Gasteiger partial charge < -0.3 is 10.0 Å². The lowest BCUT2D eigenvalue weighted by Crippen LogP contribution is -2.22. The average molecular weight is 154 g/mol. The van der Waals surface area contributed by atoms with Gasteiger partial charge in [0, 0.05) is 6.54 Å². The van der Waals surface area contributed by atoms with Crippen molar-refractivity contribution >= 4 is 11.9 Å². The topological polar surface area (TPSA) is 24.1 Å². The Labute approximate surface area is 65.2 Å². The number of rotatable bonds is 3. The van der Waals surface area contributed by atoms with Crippen LogP contribution >= 0.6 is 11.9 Å². The first-order valence-corrected chi connectivity index (χ1v) is 3.94. The molecule has 10 heavy (non-hydrogen) atoms. The highest BCUT2D eigenvalue weighted by molar-refractivity contribution is 8.00. The second-order valence-electron chi connectivity index (χ2n) is 1.80. The van der Waals surface area contributed by atoms with E-state index in [1.165, 1.54) is 0 Å². The van der Waals surface area contributed by atoms with Crippen LogP contribution in [0.1, 0.15) is 0 Å². The van der Waals surface area contributed by atoms with Gasteiger partial charge in [0.2, 0.25) is 0 Å². The molecule has 0 spiro atoms. The Morgan fingerprint density at radius 3 is 3.30 bits per heavy atom. The van der Waals surface area contributed by atoms with E-state index in [0.717, 1.165) is 12.4 Å². The lowest BCUT2D eigenvalue weighted by molar-refractivity contribution is 0.860. The van der Waals surface area contributed by atoms with Gasteiger partial charge in [0.1, 0.15) is 5.82 Å². The van der Waals surface area contributed by atoms with E-state index in [1.54, 1.807) is 11.9 Å². The Morgan fingerprint density at radius 1 is 1.80 bits per heavy atom. The largest absolute Gasteiger partial charge is 0.368 e. The molecule has 1 rings (SSSR count). The second kappa shape index (κ2) is 4.06. The molecule has 0 amide bonds. The summed E-state index contributed by atoms with van der Waals surface area (Å²) in [6.07, 6.45) is 5.80. The van der Waals surface area contributed by atoms with Crippen molar-refractivity contribution in [3.8, 4) is 0 Å².